The summed E-state index contributed by atoms with van der Waals surface area (Å²) in [6.07, 6.45) is 1.71. The second-order valence-corrected chi connectivity index (χ2v) is 8.91. The zero-order chi connectivity index (χ0) is 22.4. The Morgan fingerprint density at radius 1 is 1.34 bits per heavy atom. The number of ether oxygens (including phenoxy) is 1. The summed E-state index contributed by atoms with van der Waals surface area (Å²) < 4.78 is 22.3. The number of anilines is 2. The van der Waals surface area contributed by atoms with Crippen LogP contribution in [0.2, 0.25) is 0 Å². The molecule has 0 spiro atoms. The van der Waals surface area contributed by atoms with Crippen molar-refractivity contribution in [3.8, 4) is 5.19 Å². The van der Waals surface area contributed by atoms with Crippen molar-refractivity contribution in [3.05, 3.63) is 41.8 Å². The van der Waals surface area contributed by atoms with Gasteiger partial charge in [-0.15, -0.1) is 0 Å². The number of carbonyl (C=O) groups is 1. The molecular weight excluding hydrogens is 431 g/mol. The number of methoxy groups -OCH3 is 1. The van der Waals surface area contributed by atoms with E-state index in [1.807, 2.05) is 6.07 Å². The maximum Gasteiger partial charge on any atom is 0.274 e. The smallest absolute Gasteiger partial charge is 0.274 e. The summed E-state index contributed by atoms with van der Waals surface area (Å²) >= 11 is 1.42. The average molecular weight is 455 g/mol. The molecule has 1 amide bonds. The third kappa shape index (κ3) is 3.65. The van der Waals surface area contributed by atoms with Gasteiger partial charge >= 0.3 is 0 Å². The number of nitrogens with one attached hydrogen (secondary N) is 2. The van der Waals surface area contributed by atoms with E-state index in [1.165, 1.54) is 17.4 Å². The minimum absolute atomic E-state index is 0.270. The second-order valence-electron chi connectivity index (χ2n) is 7.95. The van der Waals surface area contributed by atoms with Crippen molar-refractivity contribution in [1.29, 1.82) is 0 Å². The number of rotatable bonds is 4. The van der Waals surface area contributed by atoms with Crippen LogP contribution in [-0.2, 0) is 7.05 Å². The minimum atomic E-state index is -0.484. The lowest BCUT2D eigenvalue weighted by Crippen LogP contribution is -2.49. The molecule has 10 heteroatoms. The zero-order valence-corrected chi connectivity index (χ0v) is 18.8. The maximum absolute atomic E-state index is 14.4. The average Bonchev–Trinajstić information content (AvgIpc) is 3.36. The Kier molecular flexibility index (Phi) is 5.18. The molecule has 3 heterocycles. The molecule has 1 aliphatic rings. The summed E-state index contributed by atoms with van der Waals surface area (Å²) in [4.78, 5) is 20.0. The van der Waals surface area contributed by atoms with Crippen LogP contribution < -0.4 is 20.3 Å². The van der Waals surface area contributed by atoms with Gasteiger partial charge in [-0.1, -0.05) is 11.3 Å². The van der Waals surface area contributed by atoms with Gasteiger partial charge in [-0.05, 0) is 31.2 Å². The van der Waals surface area contributed by atoms with Gasteiger partial charge in [-0.3, -0.25) is 9.48 Å². The van der Waals surface area contributed by atoms with Crippen LogP contribution in [0, 0.1) is 5.82 Å². The first-order valence-corrected chi connectivity index (χ1v) is 11.1. The van der Waals surface area contributed by atoms with E-state index in [2.05, 4.69) is 32.5 Å². The van der Waals surface area contributed by atoms with E-state index in [0.29, 0.717) is 33.4 Å². The molecule has 1 aliphatic heterocycles. The van der Waals surface area contributed by atoms with E-state index in [-0.39, 0.29) is 11.4 Å². The van der Waals surface area contributed by atoms with Gasteiger partial charge in [-0.2, -0.15) is 5.10 Å². The van der Waals surface area contributed by atoms with Gasteiger partial charge in [0.05, 0.1) is 23.1 Å². The number of amides is 1. The Hall–Kier alpha value is -3.24. The van der Waals surface area contributed by atoms with E-state index in [0.717, 1.165) is 30.0 Å². The summed E-state index contributed by atoms with van der Waals surface area (Å²) in [6, 6.07) is 7.09. The van der Waals surface area contributed by atoms with Gasteiger partial charge in [0.15, 0.2) is 5.82 Å². The van der Waals surface area contributed by atoms with Crippen LogP contribution in [0.3, 0.4) is 0 Å². The van der Waals surface area contributed by atoms with Crippen LogP contribution in [0.1, 0.15) is 17.3 Å². The van der Waals surface area contributed by atoms with E-state index >= 15 is 0 Å². The van der Waals surface area contributed by atoms with Crippen molar-refractivity contribution in [2.75, 3.05) is 37.0 Å². The van der Waals surface area contributed by atoms with Gasteiger partial charge in [0, 0.05) is 50.0 Å². The molecule has 0 bridgehead atoms. The van der Waals surface area contributed by atoms with Crippen LogP contribution in [0.5, 0.6) is 5.19 Å². The maximum atomic E-state index is 14.4. The molecule has 1 fully saturated rings. The fraction of sp³-hybridized carbons (Fsp3) is 0.318. The molecule has 0 aliphatic carbocycles. The first-order chi connectivity index (χ1) is 15.4. The molecule has 2 aromatic carbocycles. The number of carbonyl (C=O) groups excluding carboxylic acids is 1. The highest BCUT2D eigenvalue weighted by molar-refractivity contribution is 7.21. The molecule has 0 saturated carbocycles. The highest BCUT2D eigenvalue weighted by Crippen LogP contribution is 2.38. The summed E-state index contributed by atoms with van der Waals surface area (Å²) in [5.41, 5.74) is 2.66. The Bertz CT molecular complexity index is 1330. The van der Waals surface area contributed by atoms with Crippen LogP contribution >= 0.6 is 11.3 Å². The first kappa shape index (κ1) is 20.7. The molecule has 166 valence electrons. The summed E-state index contributed by atoms with van der Waals surface area (Å²) in [5, 5.41) is 11.5. The lowest BCUT2D eigenvalue weighted by atomic mass is 10.1. The van der Waals surface area contributed by atoms with Crippen molar-refractivity contribution in [2.24, 2.45) is 7.05 Å². The predicted molar refractivity (Wildman–Crippen MR) is 124 cm³/mol. The van der Waals surface area contributed by atoms with Crippen molar-refractivity contribution < 1.29 is 13.9 Å². The Labute approximate surface area is 188 Å². The van der Waals surface area contributed by atoms with Crippen molar-refractivity contribution in [3.63, 3.8) is 0 Å². The summed E-state index contributed by atoms with van der Waals surface area (Å²) in [5.74, 6) is -0.840. The summed E-state index contributed by atoms with van der Waals surface area (Å²) in [7, 11) is 3.29. The Morgan fingerprint density at radius 3 is 2.97 bits per heavy atom. The third-order valence-electron chi connectivity index (χ3n) is 5.57. The van der Waals surface area contributed by atoms with Crippen LogP contribution in [-0.4, -0.2) is 53.5 Å². The van der Waals surface area contributed by atoms with Crippen molar-refractivity contribution in [1.82, 2.24) is 20.1 Å². The number of aromatic nitrogens is 3. The number of thiazole rings is 1. The van der Waals surface area contributed by atoms with E-state index in [9.17, 15) is 9.18 Å². The topological polar surface area (TPSA) is 84.3 Å². The number of aryl methyl sites for hydroxylation is 1. The first-order valence-electron chi connectivity index (χ1n) is 10.3. The van der Waals surface area contributed by atoms with Crippen LogP contribution in [0.4, 0.5) is 15.8 Å². The molecular formula is C22H23FN6O2S. The van der Waals surface area contributed by atoms with E-state index in [1.54, 1.807) is 37.2 Å². The quantitative estimate of drug-likeness (QED) is 0.492. The molecule has 8 nitrogen and oxygen atoms in total. The number of piperazine rings is 1. The highest BCUT2D eigenvalue weighted by atomic mass is 32.1. The van der Waals surface area contributed by atoms with Crippen molar-refractivity contribution in [2.45, 2.75) is 13.0 Å². The lowest BCUT2D eigenvalue weighted by Gasteiger charge is -2.34. The third-order valence-corrected chi connectivity index (χ3v) is 6.61. The van der Waals surface area contributed by atoms with Gasteiger partial charge in [0.1, 0.15) is 11.0 Å². The number of hydrogen-bond acceptors (Lipinski definition) is 7. The van der Waals surface area contributed by atoms with Gasteiger partial charge in [-0.25, -0.2) is 9.37 Å². The minimum Gasteiger partial charge on any atom is -0.473 e. The highest BCUT2D eigenvalue weighted by Gasteiger charge is 2.23. The number of nitrogens with zero attached hydrogens (tertiary/aromatic N) is 4. The summed E-state index contributed by atoms with van der Waals surface area (Å²) in [6.45, 7) is 4.78. The molecule has 0 radical (unpaired) electrons. The normalized spacial score (nSPS) is 16.6. The van der Waals surface area contributed by atoms with E-state index in [4.69, 9.17) is 4.74 Å². The fourth-order valence-electron chi connectivity index (χ4n) is 4.13. The van der Waals surface area contributed by atoms with E-state index < -0.39 is 5.82 Å². The predicted octanol–water partition coefficient (Wildman–Crippen LogP) is 3.38. The standard InChI is InChI=1S/C22H23FN6O2S/c1-12-10-29(7-6-24-12)17-5-4-15(19-20(17)32-22(26-19)31-3)21(30)25-14-8-13-11-28(2)27-18(13)16(23)9-14/h4-5,8-9,11-12,24H,6-7,10H2,1-3H3,(H,25,30). The van der Waals surface area contributed by atoms with Gasteiger partial charge in [0.2, 0.25) is 0 Å². The zero-order valence-electron chi connectivity index (χ0n) is 18.0. The van der Waals surface area contributed by atoms with Crippen LogP contribution in [0.15, 0.2) is 30.5 Å². The molecule has 2 aromatic heterocycles. The lowest BCUT2D eigenvalue weighted by molar-refractivity contribution is 0.102. The molecule has 32 heavy (non-hydrogen) atoms. The Balaban J connectivity index is 1.51. The fourth-order valence-corrected chi connectivity index (χ4v) is 5.08. The Morgan fingerprint density at radius 2 is 2.19 bits per heavy atom. The largest absolute Gasteiger partial charge is 0.473 e. The molecule has 5 rings (SSSR count). The monoisotopic (exact) mass is 454 g/mol. The second kappa shape index (κ2) is 8.03. The molecule has 2 N–H and O–H groups in total. The number of halogens is 1. The molecule has 4 aromatic rings. The van der Waals surface area contributed by atoms with Crippen LogP contribution in [0.25, 0.3) is 21.1 Å². The van der Waals surface area contributed by atoms with Crippen molar-refractivity contribution >= 4 is 49.7 Å². The number of benzene rings is 2. The SMILES string of the molecule is COc1nc2c(C(=O)Nc3cc(F)c4nn(C)cc4c3)ccc(N3CCNC(C)C3)c2s1. The number of hydrogen-bond donors (Lipinski definition) is 2. The molecule has 1 atom stereocenters. The number of fused-ring (bicyclic) bond motifs is 2. The molecule has 1 unspecified atom stereocenters. The molecule has 1 saturated heterocycles. The van der Waals surface area contributed by atoms with Gasteiger partial charge in [0.25, 0.3) is 11.1 Å². The van der Waals surface area contributed by atoms with Gasteiger partial charge < -0.3 is 20.3 Å².